The van der Waals surface area contributed by atoms with E-state index in [9.17, 15) is 0 Å². The van der Waals surface area contributed by atoms with Gasteiger partial charge in [-0.3, -0.25) is 0 Å². The fraction of sp³-hybridized carbons (Fsp3) is 1.00. The Balaban J connectivity index is 0.000000640. The van der Waals surface area contributed by atoms with Crippen LogP contribution in [0.5, 0.6) is 0 Å². The van der Waals surface area contributed by atoms with Gasteiger partial charge in [0.15, 0.2) is 0 Å². The van der Waals surface area contributed by atoms with Gasteiger partial charge in [0.1, 0.15) is 0 Å². The summed E-state index contributed by atoms with van der Waals surface area (Å²) < 4.78 is 5.12. The second kappa shape index (κ2) is 4.09. The molecular weight excluding hydrogens is 138 g/mol. The van der Waals surface area contributed by atoms with Gasteiger partial charge in [0.25, 0.3) is 0 Å². The van der Waals surface area contributed by atoms with Crippen molar-refractivity contribution in [1.82, 2.24) is 5.32 Å². The Hall–Kier alpha value is 0.210. The molecule has 9 heavy (non-hydrogen) atoms. The van der Waals surface area contributed by atoms with E-state index in [0.29, 0.717) is 12.1 Å². The van der Waals surface area contributed by atoms with E-state index in [2.05, 4.69) is 12.2 Å². The molecule has 0 saturated carbocycles. The highest BCUT2D eigenvalue weighted by Crippen LogP contribution is 2.07. The van der Waals surface area contributed by atoms with Crippen LogP contribution in [0.3, 0.4) is 0 Å². The molecule has 3 heteroatoms. The first-order chi connectivity index (χ1) is 3.83. The quantitative estimate of drug-likeness (QED) is 0.599. The van der Waals surface area contributed by atoms with E-state index in [-0.39, 0.29) is 12.4 Å². The highest BCUT2D eigenvalue weighted by Gasteiger charge is 2.18. The molecule has 0 aliphatic carbocycles. The minimum Gasteiger partial charge on any atom is -0.380 e. The molecule has 0 amide bonds. The molecule has 0 spiro atoms. The van der Waals surface area contributed by atoms with Crippen molar-refractivity contribution in [1.29, 1.82) is 0 Å². The predicted octanol–water partition coefficient (Wildman–Crippen LogP) is 0.805. The Morgan fingerprint density at radius 3 is 2.44 bits per heavy atom. The van der Waals surface area contributed by atoms with Gasteiger partial charge in [0, 0.05) is 19.7 Å². The lowest BCUT2D eigenvalue weighted by Crippen LogP contribution is -2.18. The molecule has 1 aliphatic heterocycles. The smallest absolute Gasteiger partial charge is 0.0710 e. The zero-order valence-electron chi connectivity index (χ0n) is 5.89. The molecule has 0 radical (unpaired) electrons. The summed E-state index contributed by atoms with van der Waals surface area (Å²) in [6.07, 6.45) is 1.63. The summed E-state index contributed by atoms with van der Waals surface area (Å²) in [5.41, 5.74) is 0. The minimum atomic E-state index is 0. The lowest BCUT2D eigenvalue weighted by Gasteiger charge is -2.02. The second-order valence-corrected chi connectivity index (χ2v) is 2.40. The molecule has 2 atom stereocenters. The first-order valence-corrected chi connectivity index (χ1v) is 3.09. The van der Waals surface area contributed by atoms with Crippen molar-refractivity contribution in [2.24, 2.45) is 0 Å². The van der Waals surface area contributed by atoms with Crippen molar-refractivity contribution in [3.63, 3.8) is 0 Å². The van der Waals surface area contributed by atoms with Crippen molar-refractivity contribution >= 4 is 12.4 Å². The normalized spacial score (nSPS) is 34.0. The highest BCUT2D eigenvalue weighted by molar-refractivity contribution is 5.85. The van der Waals surface area contributed by atoms with Crippen LogP contribution >= 0.6 is 12.4 Å². The Morgan fingerprint density at radius 1 is 1.56 bits per heavy atom. The van der Waals surface area contributed by atoms with E-state index in [1.165, 1.54) is 0 Å². The van der Waals surface area contributed by atoms with Gasteiger partial charge in [-0.1, -0.05) is 0 Å². The van der Waals surface area contributed by atoms with E-state index in [0.717, 1.165) is 13.0 Å². The summed E-state index contributed by atoms with van der Waals surface area (Å²) in [4.78, 5) is 0. The molecule has 56 valence electrons. The zero-order valence-corrected chi connectivity index (χ0v) is 6.70. The van der Waals surface area contributed by atoms with Gasteiger partial charge in [-0.25, -0.2) is 0 Å². The van der Waals surface area contributed by atoms with E-state index in [1.54, 1.807) is 7.11 Å². The molecule has 1 rings (SSSR count). The van der Waals surface area contributed by atoms with Gasteiger partial charge in [-0.2, -0.15) is 0 Å². The summed E-state index contributed by atoms with van der Waals surface area (Å²) >= 11 is 0. The molecule has 0 unspecified atom stereocenters. The van der Waals surface area contributed by atoms with Gasteiger partial charge in [0.2, 0.25) is 0 Å². The second-order valence-electron chi connectivity index (χ2n) is 2.40. The van der Waals surface area contributed by atoms with Crippen LogP contribution in [0.25, 0.3) is 0 Å². The number of methoxy groups -OCH3 is 1. The predicted molar refractivity (Wildman–Crippen MR) is 40.1 cm³/mol. The van der Waals surface area contributed by atoms with Crippen LogP contribution in [0, 0.1) is 0 Å². The summed E-state index contributed by atoms with van der Waals surface area (Å²) in [5, 5.41) is 3.30. The third-order valence-corrected chi connectivity index (χ3v) is 1.64. The highest BCUT2D eigenvalue weighted by atomic mass is 35.5. The first-order valence-electron chi connectivity index (χ1n) is 3.09. The molecule has 0 aromatic carbocycles. The number of nitrogens with one attached hydrogen (secondary N) is 1. The molecule has 1 heterocycles. The molecular formula is C6H14ClNO. The summed E-state index contributed by atoms with van der Waals surface area (Å²) in [6.45, 7) is 3.21. The Kier molecular flexibility index (Phi) is 4.19. The molecule has 2 nitrogen and oxygen atoms in total. The summed E-state index contributed by atoms with van der Waals surface area (Å²) in [7, 11) is 1.77. The SMILES string of the molecule is CO[C@@H]1CN[C@@H](C)C1.Cl. The van der Waals surface area contributed by atoms with Crippen LogP contribution in [0.1, 0.15) is 13.3 Å². The van der Waals surface area contributed by atoms with E-state index >= 15 is 0 Å². The van der Waals surface area contributed by atoms with Crippen molar-refractivity contribution in [2.75, 3.05) is 13.7 Å². The molecule has 1 saturated heterocycles. The maximum atomic E-state index is 5.12. The zero-order chi connectivity index (χ0) is 5.98. The number of rotatable bonds is 1. The van der Waals surface area contributed by atoms with Crippen molar-refractivity contribution in [2.45, 2.75) is 25.5 Å². The molecule has 0 aromatic heterocycles. The van der Waals surface area contributed by atoms with E-state index in [4.69, 9.17) is 4.74 Å². The molecule has 0 bridgehead atoms. The van der Waals surface area contributed by atoms with Crippen molar-refractivity contribution in [3.05, 3.63) is 0 Å². The van der Waals surface area contributed by atoms with Crippen molar-refractivity contribution < 1.29 is 4.74 Å². The Bertz CT molecular complexity index is 79.5. The monoisotopic (exact) mass is 151 g/mol. The van der Waals surface area contributed by atoms with Crippen LogP contribution in [0.2, 0.25) is 0 Å². The fourth-order valence-corrected chi connectivity index (χ4v) is 1.07. The number of halogens is 1. The van der Waals surface area contributed by atoms with Crippen LogP contribution < -0.4 is 5.32 Å². The third-order valence-electron chi connectivity index (χ3n) is 1.64. The maximum absolute atomic E-state index is 5.12. The molecule has 1 aliphatic rings. The standard InChI is InChI=1S/C6H13NO.ClH/c1-5-3-6(8-2)4-7-5;/h5-7H,3-4H2,1-2H3;1H/t5-,6-;/m0./s1. The van der Waals surface area contributed by atoms with E-state index < -0.39 is 0 Å². The average molecular weight is 152 g/mol. The third kappa shape index (κ3) is 2.52. The van der Waals surface area contributed by atoms with Gasteiger partial charge < -0.3 is 10.1 Å². The Labute approximate surface area is 62.4 Å². The molecule has 0 aromatic rings. The number of hydrogen-bond acceptors (Lipinski definition) is 2. The van der Waals surface area contributed by atoms with Gasteiger partial charge >= 0.3 is 0 Å². The average Bonchev–Trinajstić information content (AvgIpc) is 2.14. The van der Waals surface area contributed by atoms with Crippen LogP contribution in [-0.4, -0.2) is 25.8 Å². The van der Waals surface area contributed by atoms with Crippen molar-refractivity contribution in [3.8, 4) is 0 Å². The first kappa shape index (κ1) is 9.21. The Morgan fingerprint density at radius 2 is 2.22 bits per heavy atom. The lowest BCUT2D eigenvalue weighted by atomic mass is 10.2. The number of ether oxygens (including phenoxy) is 1. The maximum Gasteiger partial charge on any atom is 0.0710 e. The largest absolute Gasteiger partial charge is 0.380 e. The summed E-state index contributed by atoms with van der Waals surface area (Å²) in [6, 6.07) is 0.653. The van der Waals surface area contributed by atoms with Crippen LogP contribution in [-0.2, 0) is 4.74 Å². The topological polar surface area (TPSA) is 21.3 Å². The van der Waals surface area contributed by atoms with Crippen LogP contribution in [0.4, 0.5) is 0 Å². The molecule has 1 fully saturated rings. The van der Waals surface area contributed by atoms with E-state index in [1.807, 2.05) is 0 Å². The van der Waals surface area contributed by atoms with Crippen LogP contribution in [0.15, 0.2) is 0 Å². The lowest BCUT2D eigenvalue weighted by molar-refractivity contribution is 0.118. The molecule has 1 N–H and O–H groups in total. The van der Waals surface area contributed by atoms with Gasteiger partial charge in [0.05, 0.1) is 6.10 Å². The van der Waals surface area contributed by atoms with Gasteiger partial charge in [-0.15, -0.1) is 12.4 Å². The minimum absolute atomic E-state index is 0. The van der Waals surface area contributed by atoms with Gasteiger partial charge in [-0.05, 0) is 13.3 Å². The fourth-order valence-electron chi connectivity index (χ4n) is 1.07. The number of hydrogen-bond donors (Lipinski definition) is 1. The summed E-state index contributed by atoms with van der Waals surface area (Å²) in [5.74, 6) is 0.